The van der Waals surface area contributed by atoms with Gasteiger partial charge in [-0.25, -0.2) is 4.98 Å². The Morgan fingerprint density at radius 1 is 1.16 bits per heavy atom. The third-order valence-corrected chi connectivity index (χ3v) is 3.04. The van der Waals surface area contributed by atoms with Crippen LogP contribution in [0.15, 0.2) is 6.07 Å². The first-order chi connectivity index (χ1) is 9.13. The Labute approximate surface area is 115 Å². The van der Waals surface area contributed by atoms with Crippen molar-refractivity contribution in [2.45, 2.75) is 20.5 Å². The van der Waals surface area contributed by atoms with Crippen LogP contribution in [0.3, 0.4) is 0 Å². The Bertz CT molecular complexity index is 389. The van der Waals surface area contributed by atoms with Gasteiger partial charge in [-0.2, -0.15) is 0 Å². The van der Waals surface area contributed by atoms with Crippen molar-refractivity contribution in [1.29, 1.82) is 0 Å². The quantitative estimate of drug-likeness (QED) is 0.770. The van der Waals surface area contributed by atoms with E-state index in [0.29, 0.717) is 13.2 Å². The second-order valence-corrected chi connectivity index (χ2v) is 4.51. The molecule has 0 radical (unpaired) electrons. The third-order valence-electron chi connectivity index (χ3n) is 3.04. The fourth-order valence-corrected chi connectivity index (χ4v) is 2.03. The van der Waals surface area contributed by atoms with Gasteiger partial charge in [-0.15, -0.1) is 0 Å². The lowest BCUT2D eigenvalue weighted by atomic mass is 10.1. The van der Waals surface area contributed by atoms with Gasteiger partial charge in [0.15, 0.2) is 0 Å². The van der Waals surface area contributed by atoms with Crippen LogP contribution in [0.2, 0.25) is 0 Å². The Morgan fingerprint density at radius 3 is 2.21 bits per heavy atom. The van der Waals surface area contributed by atoms with Gasteiger partial charge in [-0.1, -0.05) is 0 Å². The zero-order valence-corrected chi connectivity index (χ0v) is 12.3. The molecule has 19 heavy (non-hydrogen) atoms. The average Bonchev–Trinajstić information content (AvgIpc) is 2.38. The molecule has 0 aliphatic heterocycles. The number of hydrogen-bond donors (Lipinski definition) is 1. The zero-order chi connectivity index (χ0) is 14.3. The summed E-state index contributed by atoms with van der Waals surface area (Å²) in [5, 5.41) is 9.56. The van der Waals surface area contributed by atoms with Crippen molar-refractivity contribution >= 4 is 5.82 Å². The summed E-state index contributed by atoms with van der Waals surface area (Å²) in [6.45, 7) is 6.62. The largest absolute Gasteiger partial charge is 0.392 e. The number of methoxy groups -OCH3 is 2. The molecule has 0 spiro atoms. The normalized spacial score (nSPS) is 10.8. The third kappa shape index (κ3) is 4.45. The summed E-state index contributed by atoms with van der Waals surface area (Å²) in [5.41, 5.74) is 2.88. The average molecular weight is 268 g/mol. The minimum Gasteiger partial charge on any atom is -0.392 e. The summed E-state index contributed by atoms with van der Waals surface area (Å²) in [6.07, 6.45) is 0. The fraction of sp³-hybridized carbons (Fsp3) is 0.643. The molecule has 0 saturated carbocycles. The summed E-state index contributed by atoms with van der Waals surface area (Å²) in [5.74, 6) is 0.828. The highest BCUT2D eigenvalue weighted by molar-refractivity contribution is 5.51. The highest BCUT2D eigenvalue weighted by Gasteiger charge is 2.15. The van der Waals surface area contributed by atoms with Crippen LogP contribution in [0.1, 0.15) is 16.8 Å². The molecule has 1 heterocycles. The van der Waals surface area contributed by atoms with Crippen LogP contribution in [0, 0.1) is 13.8 Å². The maximum atomic E-state index is 9.56. The van der Waals surface area contributed by atoms with E-state index in [9.17, 15) is 5.11 Å². The first kappa shape index (κ1) is 15.9. The van der Waals surface area contributed by atoms with Crippen molar-refractivity contribution in [3.63, 3.8) is 0 Å². The van der Waals surface area contributed by atoms with Crippen molar-refractivity contribution in [2.75, 3.05) is 45.4 Å². The number of nitrogens with zero attached hydrogens (tertiary/aromatic N) is 2. The van der Waals surface area contributed by atoms with E-state index in [0.717, 1.165) is 35.7 Å². The Morgan fingerprint density at radius 2 is 1.74 bits per heavy atom. The van der Waals surface area contributed by atoms with Gasteiger partial charge >= 0.3 is 0 Å². The van der Waals surface area contributed by atoms with Gasteiger partial charge in [0.05, 0.1) is 19.8 Å². The van der Waals surface area contributed by atoms with E-state index in [1.165, 1.54) is 0 Å². The standard InChI is InChI=1S/C14H24N2O3/c1-11-9-12(2)15-14(13(11)10-17)16(5-7-18-3)6-8-19-4/h9,17H,5-8,10H2,1-4H3. The van der Waals surface area contributed by atoms with Crippen LogP contribution >= 0.6 is 0 Å². The molecule has 5 nitrogen and oxygen atoms in total. The summed E-state index contributed by atoms with van der Waals surface area (Å²) in [7, 11) is 3.35. The molecule has 0 atom stereocenters. The van der Waals surface area contributed by atoms with Crippen molar-refractivity contribution in [2.24, 2.45) is 0 Å². The summed E-state index contributed by atoms with van der Waals surface area (Å²) < 4.78 is 10.3. The molecule has 108 valence electrons. The van der Waals surface area contributed by atoms with Crippen molar-refractivity contribution in [3.8, 4) is 0 Å². The number of anilines is 1. The van der Waals surface area contributed by atoms with E-state index < -0.39 is 0 Å². The van der Waals surface area contributed by atoms with Crippen molar-refractivity contribution < 1.29 is 14.6 Å². The minimum absolute atomic E-state index is 0.00902. The molecule has 1 N–H and O–H groups in total. The first-order valence-corrected chi connectivity index (χ1v) is 6.44. The van der Waals surface area contributed by atoms with Gasteiger partial charge in [-0.3, -0.25) is 0 Å². The van der Waals surface area contributed by atoms with Crippen molar-refractivity contribution in [3.05, 3.63) is 22.9 Å². The number of pyridine rings is 1. The molecular weight excluding hydrogens is 244 g/mol. The molecule has 5 heteroatoms. The molecule has 0 amide bonds. The van der Waals surface area contributed by atoms with Gasteiger partial charge in [-0.05, 0) is 25.5 Å². The lowest BCUT2D eigenvalue weighted by Gasteiger charge is -2.26. The number of aryl methyl sites for hydroxylation is 2. The van der Waals surface area contributed by atoms with E-state index in [4.69, 9.17) is 9.47 Å². The van der Waals surface area contributed by atoms with Gasteiger partial charge < -0.3 is 19.5 Å². The number of rotatable bonds is 8. The van der Waals surface area contributed by atoms with E-state index in [1.54, 1.807) is 14.2 Å². The van der Waals surface area contributed by atoms with Crippen molar-refractivity contribution in [1.82, 2.24) is 4.98 Å². The van der Waals surface area contributed by atoms with Gasteiger partial charge in [0, 0.05) is 38.6 Å². The van der Waals surface area contributed by atoms with Crippen LogP contribution in [-0.2, 0) is 16.1 Å². The lowest BCUT2D eigenvalue weighted by molar-refractivity contribution is 0.189. The Kier molecular flexibility index (Phi) is 6.77. The van der Waals surface area contributed by atoms with Gasteiger partial charge in [0.1, 0.15) is 5.82 Å². The number of hydrogen-bond acceptors (Lipinski definition) is 5. The Balaban J connectivity index is 3.04. The Hall–Kier alpha value is -1.17. The SMILES string of the molecule is COCCN(CCOC)c1nc(C)cc(C)c1CO. The number of aliphatic hydroxyl groups is 1. The molecule has 1 rings (SSSR count). The highest BCUT2D eigenvalue weighted by Crippen LogP contribution is 2.22. The van der Waals surface area contributed by atoms with Crippen LogP contribution in [0.4, 0.5) is 5.82 Å². The first-order valence-electron chi connectivity index (χ1n) is 6.44. The topological polar surface area (TPSA) is 54.8 Å². The zero-order valence-electron chi connectivity index (χ0n) is 12.3. The van der Waals surface area contributed by atoms with Crippen LogP contribution in [-0.4, -0.2) is 50.6 Å². The van der Waals surface area contributed by atoms with Gasteiger partial charge in [0.2, 0.25) is 0 Å². The van der Waals surface area contributed by atoms with Crippen LogP contribution in [0.25, 0.3) is 0 Å². The molecule has 0 aliphatic carbocycles. The van der Waals surface area contributed by atoms with E-state index in [-0.39, 0.29) is 6.61 Å². The maximum absolute atomic E-state index is 9.56. The van der Waals surface area contributed by atoms with E-state index in [2.05, 4.69) is 9.88 Å². The molecule has 0 fully saturated rings. The summed E-state index contributed by atoms with van der Waals surface area (Å²) in [6, 6.07) is 1.99. The summed E-state index contributed by atoms with van der Waals surface area (Å²) in [4.78, 5) is 6.66. The molecular formula is C14H24N2O3. The predicted octanol–water partition coefficient (Wildman–Crippen LogP) is 1.29. The second-order valence-electron chi connectivity index (χ2n) is 4.51. The minimum atomic E-state index is -0.00902. The summed E-state index contributed by atoms with van der Waals surface area (Å²) >= 11 is 0. The molecule has 1 aromatic rings. The lowest BCUT2D eigenvalue weighted by Crippen LogP contribution is -2.32. The molecule has 0 unspecified atom stereocenters. The van der Waals surface area contributed by atoms with Crippen LogP contribution in [0.5, 0.6) is 0 Å². The van der Waals surface area contributed by atoms with E-state index >= 15 is 0 Å². The molecule has 1 aromatic heterocycles. The molecule has 0 aromatic carbocycles. The monoisotopic (exact) mass is 268 g/mol. The van der Waals surface area contributed by atoms with Gasteiger partial charge in [0.25, 0.3) is 0 Å². The smallest absolute Gasteiger partial charge is 0.134 e. The maximum Gasteiger partial charge on any atom is 0.134 e. The molecule has 0 aliphatic rings. The second kappa shape index (κ2) is 8.09. The number of aromatic nitrogens is 1. The van der Waals surface area contributed by atoms with E-state index in [1.807, 2.05) is 19.9 Å². The fourth-order valence-electron chi connectivity index (χ4n) is 2.03. The highest BCUT2D eigenvalue weighted by atomic mass is 16.5. The molecule has 0 saturated heterocycles. The number of ether oxygens (including phenoxy) is 2. The predicted molar refractivity (Wildman–Crippen MR) is 75.6 cm³/mol. The number of aliphatic hydroxyl groups excluding tert-OH is 1. The molecule has 0 bridgehead atoms. The van der Waals surface area contributed by atoms with Crippen LogP contribution < -0.4 is 4.90 Å².